The largest absolute Gasteiger partial charge is 0.337 e. The van der Waals surface area contributed by atoms with E-state index in [1.807, 2.05) is 16.5 Å². The first kappa shape index (κ1) is 12.4. The predicted octanol–water partition coefficient (Wildman–Crippen LogP) is 1.86. The number of likely N-dealkylation sites (tertiary alicyclic amines) is 1. The van der Waals surface area contributed by atoms with Crippen molar-refractivity contribution < 1.29 is 4.79 Å². The number of amides is 1. The minimum Gasteiger partial charge on any atom is -0.337 e. The van der Waals surface area contributed by atoms with E-state index in [4.69, 9.17) is 11.6 Å². The molecule has 2 rings (SSSR count). The highest BCUT2D eigenvalue weighted by Crippen LogP contribution is 2.22. The molecule has 1 aliphatic heterocycles. The van der Waals surface area contributed by atoms with Crippen LogP contribution in [0.25, 0.3) is 0 Å². The molecule has 2 heterocycles. The van der Waals surface area contributed by atoms with Crippen molar-refractivity contribution in [1.29, 1.82) is 0 Å². The monoisotopic (exact) mass is 255 g/mol. The Labute approximate surface area is 107 Å². The average molecular weight is 256 g/mol. The first-order valence-electron chi connectivity index (χ1n) is 5.97. The summed E-state index contributed by atoms with van der Waals surface area (Å²) in [7, 11) is 0. The molecule has 1 saturated heterocycles. The SMILES string of the molecule is CCn1nc(C)c(CN2CC(Cl)CC2=O)c1C. The van der Waals surface area contributed by atoms with Crippen LogP contribution in [0.4, 0.5) is 0 Å². The van der Waals surface area contributed by atoms with Gasteiger partial charge in [-0.2, -0.15) is 5.10 Å². The van der Waals surface area contributed by atoms with Crippen LogP contribution in [0, 0.1) is 13.8 Å². The summed E-state index contributed by atoms with van der Waals surface area (Å²) >= 11 is 6.00. The van der Waals surface area contributed by atoms with Crippen LogP contribution in [-0.4, -0.2) is 32.5 Å². The number of hydrogen-bond donors (Lipinski definition) is 0. The van der Waals surface area contributed by atoms with Gasteiger partial charge in [-0.3, -0.25) is 9.48 Å². The summed E-state index contributed by atoms with van der Waals surface area (Å²) in [4.78, 5) is 13.5. The minimum atomic E-state index is -0.0377. The van der Waals surface area contributed by atoms with Crippen molar-refractivity contribution in [2.75, 3.05) is 6.54 Å². The molecule has 1 amide bonds. The summed E-state index contributed by atoms with van der Waals surface area (Å²) < 4.78 is 1.98. The number of alkyl halides is 1. The summed E-state index contributed by atoms with van der Waals surface area (Å²) in [5, 5.41) is 4.42. The van der Waals surface area contributed by atoms with Crippen molar-refractivity contribution in [3.63, 3.8) is 0 Å². The quantitative estimate of drug-likeness (QED) is 0.774. The zero-order valence-electron chi connectivity index (χ0n) is 10.5. The lowest BCUT2D eigenvalue weighted by Crippen LogP contribution is -2.25. The Balaban J connectivity index is 2.19. The van der Waals surface area contributed by atoms with Crippen LogP contribution in [0.5, 0.6) is 0 Å². The number of nitrogens with zero attached hydrogens (tertiary/aromatic N) is 3. The second-order valence-electron chi connectivity index (χ2n) is 4.54. The normalized spacial score (nSPS) is 20.4. The lowest BCUT2D eigenvalue weighted by molar-refractivity contribution is -0.128. The molecule has 0 radical (unpaired) electrons. The fourth-order valence-electron chi connectivity index (χ4n) is 2.34. The first-order chi connectivity index (χ1) is 8.02. The van der Waals surface area contributed by atoms with Crippen molar-refractivity contribution >= 4 is 17.5 Å². The third-order valence-electron chi connectivity index (χ3n) is 3.35. The van der Waals surface area contributed by atoms with E-state index in [1.165, 1.54) is 0 Å². The smallest absolute Gasteiger partial charge is 0.224 e. The molecular weight excluding hydrogens is 238 g/mol. The van der Waals surface area contributed by atoms with Gasteiger partial charge in [0.25, 0.3) is 0 Å². The van der Waals surface area contributed by atoms with E-state index in [9.17, 15) is 4.79 Å². The van der Waals surface area contributed by atoms with E-state index in [-0.39, 0.29) is 11.3 Å². The Morgan fingerprint density at radius 3 is 2.65 bits per heavy atom. The maximum Gasteiger partial charge on any atom is 0.224 e. The summed E-state index contributed by atoms with van der Waals surface area (Å²) in [5.74, 6) is 0.146. The van der Waals surface area contributed by atoms with E-state index in [1.54, 1.807) is 0 Å². The Kier molecular flexibility index (Phi) is 3.43. The number of hydrogen-bond acceptors (Lipinski definition) is 2. The molecule has 94 valence electrons. The van der Waals surface area contributed by atoms with Gasteiger partial charge in [0.1, 0.15) is 0 Å². The topological polar surface area (TPSA) is 38.1 Å². The molecule has 1 atom stereocenters. The summed E-state index contributed by atoms with van der Waals surface area (Å²) in [6.07, 6.45) is 0.460. The molecule has 0 saturated carbocycles. The first-order valence-corrected chi connectivity index (χ1v) is 6.41. The zero-order valence-corrected chi connectivity index (χ0v) is 11.3. The second-order valence-corrected chi connectivity index (χ2v) is 5.16. The van der Waals surface area contributed by atoms with Crippen molar-refractivity contribution in [2.24, 2.45) is 0 Å². The molecule has 1 aliphatic rings. The molecule has 0 spiro atoms. The number of rotatable bonds is 3. The number of carbonyl (C=O) groups is 1. The van der Waals surface area contributed by atoms with E-state index >= 15 is 0 Å². The molecule has 1 aromatic heterocycles. The van der Waals surface area contributed by atoms with Crippen molar-refractivity contribution in [2.45, 2.75) is 45.7 Å². The second kappa shape index (κ2) is 4.69. The summed E-state index contributed by atoms with van der Waals surface area (Å²) in [5.41, 5.74) is 3.32. The number of carbonyl (C=O) groups excluding carboxylic acids is 1. The molecule has 1 aromatic rings. The fourth-order valence-corrected chi connectivity index (χ4v) is 2.64. The van der Waals surface area contributed by atoms with Crippen LogP contribution in [0.3, 0.4) is 0 Å². The molecule has 1 fully saturated rings. The maximum absolute atomic E-state index is 11.7. The van der Waals surface area contributed by atoms with Crippen LogP contribution < -0.4 is 0 Å². The minimum absolute atomic E-state index is 0.0377. The molecule has 5 heteroatoms. The van der Waals surface area contributed by atoms with E-state index in [2.05, 4.69) is 18.9 Å². The Morgan fingerprint density at radius 2 is 2.18 bits per heavy atom. The van der Waals surface area contributed by atoms with Crippen LogP contribution in [-0.2, 0) is 17.9 Å². The molecule has 4 nitrogen and oxygen atoms in total. The van der Waals surface area contributed by atoms with Gasteiger partial charge < -0.3 is 4.90 Å². The Bertz CT molecular complexity index is 441. The van der Waals surface area contributed by atoms with Gasteiger partial charge in [-0.05, 0) is 20.8 Å². The van der Waals surface area contributed by atoms with Gasteiger partial charge in [-0.15, -0.1) is 11.6 Å². The lowest BCUT2D eigenvalue weighted by Gasteiger charge is -2.16. The van der Waals surface area contributed by atoms with Crippen LogP contribution in [0.1, 0.15) is 30.3 Å². The lowest BCUT2D eigenvalue weighted by atomic mass is 10.2. The van der Waals surface area contributed by atoms with Gasteiger partial charge in [0.15, 0.2) is 0 Å². The van der Waals surface area contributed by atoms with Crippen LogP contribution in [0.15, 0.2) is 0 Å². The van der Waals surface area contributed by atoms with Gasteiger partial charge in [0.2, 0.25) is 5.91 Å². The number of aromatic nitrogens is 2. The number of halogens is 1. The molecule has 0 aliphatic carbocycles. The average Bonchev–Trinajstić information content (AvgIpc) is 2.72. The molecule has 1 unspecified atom stereocenters. The number of aryl methyl sites for hydroxylation is 2. The fraction of sp³-hybridized carbons (Fsp3) is 0.667. The highest BCUT2D eigenvalue weighted by atomic mass is 35.5. The van der Waals surface area contributed by atoms with Crippen molar-refractivity contribution in [1.82, 2.24) is 14.7 Å². The van der Waals surface area contributed by atoms with Gasteiger partial charge in [-0.1, -0.05) is 0 Å². The van der Waals surface area contributed by atoms with Gasteiger partial charge in [-0.25, -0.2) is 0 Å². The molecule has 0 bridgehead atoms. The third-order valence-corrected chi connectivity index (χ3v) is 3.64. The van der Waals surface area contributed by atoms with Crippen molar-refractivity contribution in [3.8, 4) is 0 Å². The third kappa shape index (κ3) is 2.32. The molecular formula is C12H18ClN3O. The van der Waals surface area contributed by atoms with Gasteiger partial charge in [0, 0.05) is 37.3 Å². The van der Waals surface area contributed by atoms with E-state index < -0.39 is 0 Å². The summed E-state index contributed by atoms with van der Waals surface area (Å²) in [6.45, 7) is 8.26. The molecule has 17 heavy (non-hydrogen) atoms. The Morgan fingerprint density at radius 1 is 1.47 bits per heavy atom. The van der Waals surface area contributed by atoms with Crippen molar-refractivity contribution in [3.05, 3.63) is 17.0 Å². The maximum atomic E-state index is 11.7. The van der Waals surface area contributed by atoms with Gasteiger partial charge >= 0.3 is 0 Å². The van der Waals surface area contributed by atoms with E-state index in [0.717, 1.165) is 23.5 Å². The van der Waals surface area contributed by atoms with Gasteiger partial charge in [0.05, 0.1) is 11.1 Å². The zero-order chi connectivity index (χ0) is 12.6. The summed E-state index contributed by atoms with van der Waals surface area (Å²) in [6, 6.07) is 0. The highest BCUT2D eigenvalue weighted by Gasteiger charge is 2.29. The van der Waals surface area contributed by atoms with E-state index in [0.29, 0.717) is 19.5 Å². The molecule has 0 N–H and O–H groups in total. The molecule has 0 aromatic carbocycles. The Hall–Kier alpha value is -1.03. The highest BCUT2D eigenvalue weighted by molar-refractivity contribution is 6.22. The van der Waals surface area contributed by atoms with Crippen LogP contribution in [0.2, 0.25) is 0 Å². The van der Waals surface area contributed by atoms with Crippen LogP contribution >= 0.6 is 11.6 Å². The standard InChI is InChI=1S/C12H18ClN3O/c1-4-16-9(3)11(8(2)14-16)7-15-6-10(13)5-12(15)17/h10H,4-7H2,1-3H3. The predicted molar refractivity (Wildman–Crippen MR) is 67.1 cm³/mol.